The van der Waals surface area contributed by atoms with Crippen LogP contribution in [0.4, 0.5) is 13.2 Å². The molecule has 3 heterocycles. The first-order chi connectivity index (χ1) is 11.3. The molecule has 0 radical (unpaired) electrons. The van der Waals surface area contributed by atoms with Gasteiger partial charge in [0.15, 0.2) is 5.82 Å². The summed E-state index contributed by atoms with van der Waals surface area (Å²) in [6.45, 7) is 2.02. The van der Waals surface area contributed by atoms with Crippen molar-refractivity contribution >= 4 is 38.7 Å². The number of nitrogens with zero attached hydrogens (tertiary/aromatic N) is 4. The highest BCUT2D eigenvalue weighted by Gasteiger charge is 2.33. The lowest BCUT2D eigenvalue weighted by atomic mass is 10.3. The fraction of sp³-hybridized carbons (Fsp3) is 0.267. The molecule has 0 spiro atoms. The van der Waals surface area contributed by atoms with Crippen LogP contribution >= 0.6 is 27.7 Å². The third-order valence-corrected chi connectivity index (χ3v) is 4.73. The van der Waals surface area contributed by atoms with Crippen molar-refractivity contribution in [3.8, 4) is 11.5 Å². The molecule has 0 atom stereocenters. The third-order valence-electron chi connectivity index (χ3n) is 3.39. The number of alkyl halides is 3. The molecule has 4 nitrogen and oxygen atoms in total. The van der Waals surface area contributed by atoms with Crippen molar-refractivity contribution in [1.82, 2.24) is 19.5 Å². The van der Waals surface area contributed by atoms with Gasteiger partial charge in [0.05, 0.1) is 17.2 Å². The summed E-state index contributed by atoms with van der Waals surface area (Å²) in [5, 5.41) is 0. The number of aryl methyl sites for hydroxylation is 1. The Hall–Kier alpha value is -1.61. The van der Waals surface area contributed by atoms with Crippen molar-refractivity contribution in [2.45, 2.75) is 18.0 Å². The molecular formula is C15H12BrF3N4S. The van der Waals surface area contributed by atoms with Crippen molar-refractivity contribution in [2.75, 3.05) is 5.75 Å². The lowest BCUT2D eigenvalue weighted by Crippen LogP contribution is -2.07. The summed E-state index contributed by atoms with van der Waals surface area (Å²) in [5.74, 6) is 1.35. The number of aromatic nitrogens is 4. The molecule has 0 unspecified atom stereocenters. The van der Waals surface area contributed by atoms with Crippen molar-refractivity contribution < 1.29 is 13.2 Å². The number of rotatable bonds is 3. The molecule has 3 aromatic rings. The quantitative estimate of drug-likeness (QED) is 0.568. The minimum Gasteiger partial charge on any atom is -0.325 e. The summed E-state index contributed by atoms with van der Waals surface area (Å²) in [4.78, 5) is 13.2. The molecule has 126 valence electrons. The van der Waals surface area contributed by atoms with Gasteiger partial charge in [-0.3, -0.25) is 4.98 Å². The van der Waals surface area contributed by atoms with Crippen LogP contribution in [-0.4, -0.2) is 25.3 Å². The van der Waals surface area contributed by atoms with E-state index in [9.17, 15) is 13.2 Å². The summed E-state index contributed by atoms with van der Waals surface area (Å²) < 4.78 is 41.1. The predicted molar refractivity (Wildman–Crippen MR) is 90.8 cm³/mol. The van der Waals surface area contributed by atoms with E-state index in [0.29, 0.717) is 17.0 Å². The maximum absolute atomic E-state index is 12.8. The van der Waals surface area contributed by atoms with E-state index < -0.39 is 11.9 Å². The first-order valence-corrected chi connectivity index (χ1v) is 8.77. The molecule has 0 amide bonds. The van der Waals surface area contributed by atoms with E-state index in [-0.39, 0.29) is 5.52 Å². The molecule has 0 aliphatic carbocycles. The molecule has 0 fully saturated rings. The zero-order valence-corrected chi connectivity index (χ0v) is 15.1. The fourth-order valence-electron chi connectivity index (χ4n) is 2.31. The van der Waals surface area contributed by atoms with E-state index in [2.05, 4.69) is 30.9 Å². The first-order valence-electron chi connectivity index (χ1n) is 6.99. The van der Waals surface area contributed by atoms with Gasteiger partial charge in [0.2, 0.25) is 0 Å². The largest absolute Gasteiger partial charge is 0.433 e. The van der Waals surface area contributed by atoms with E-state index in [1.54, 1.807) is 29.6 Å². The average molecular weight is 417 g/mol. The molecule has 3 aromatic heterocycles. The molecule has 9 heteroatoms. The Morgan fingerprint density at radius 2 is 1.96 bits per heavy atom. The van der Waals surface area contributed by atoms with Crippen LogP contribution in [0, 0.1) is 0 Å². The van der Waals surface area contributed by atoms with Crippen LogP contribution in [0.1, 0.15) is 12.6 Å². The zero-order valence-electron chi connectivity index (χ0n) is 12.7. The van der Waals surface area contributed by atoms with Crippen LogP contribution in [0.2, 0.25) is 0 Å². The number of fused-ring (bicyclic) bond motifs is 1. The lowest BCUT2D eigenvalue weighted by molar-refractivity contribution is -0.141. The first kappa shape index (κ1) is 17.2. The van der Waals surface area contributed by atoms with Crippen LogP contribution in [0.15, 0.2) is 33.9 Å². The second-order valence-electron chi connectivity index (χ2n) is 4.98. The van der Waals surface area contributed by atoms with Crippen LogP contribution in [-0.2, 0) is 13.2 Å². The molecule has 0 bridgehead atoms. The van der Waals surface area contributed by atoms with Crippen molar-refractivity contribution in [3.63, 3.8) is 0 Å². The van der Waals surface area contributed by atoms with Crippen LogP contribution in [0.5, 0.6) is 0 Å². The molecule has 0 N–H and O–H groups in total. The smallest absolute Gasteiger partial charge is 0.325 e. The van der Waals surface area contributed by atoms with E-state index in [4.69, 9.17) is 0 Å². The molecule has 24 heavy (non-hydrogen) atoms. The predicted octanol–water partition coefficient (Wildman–Crippen LogP) is 4.92. The van der Waals surface area contributed by atoms with Gasteiger partial charge in [0.25, 0.3) is 0 Å². The van der Waals surface area contributed by atoms with Crippen molar-refractivity contribution in [1.29, 1.82) is 0 Å². The van der Waals surface area contributed by atoms with Gasteiger partial charge < -0.3 is 4.57 Å². The number of pyridine rings is 2. The molecule has 0 saturated heterocycles. The average Bonchev–Trinajstić information content (AvgIpc) is 2.83. The summed E-state index contributed by atoms with van der Waals surface area (Å²) >= 11 is 4.98. The van der Waals surface area contributed by atoms with Gasteiger partial charge in [-0.15, -0.1) is 11.8 Å². The van der Waals surface area contributed by atoms with Gasteiger partial charge in [0.1, 0.15) is 11.4 Å². The molecular weight excluding hydrogens is 405 g/mol. The number of halogens is 4. The summed E-state index contributed by atoms with van der Waals surface area (Å²) in [7, 11) is 1.74. The van der Waals surface area contributed by atoms with Crippen LogP contribution < -0.4 is 0 Å². The number of thioether (sulfide) groups is 1. The molecule has 0 saturated carbocycles. The van der Waals surface area contributed by atoms with E-state index in [1.165, 1.54) is 6.20 Å². The van der Waals surface area contributed by atoms with Gasteiger partial charge in [0, 0.05) is 22.6 Å². The fourth-order valence-corrected chi connectivity index (χ4v) is 3.59. The van der Waals surface area contributed by atoms with Gasteiger partial charge in [-0.05, 0) is 33.8 Å². The number of hydrogen-bond donors (Lipinski definition) is 0. The number of imidazole rings is 1. The Morgan fingerprint density at radius 3 is 2.62 bits per heavy atom. The van der Waals surface area contributed by atoms with Gasteiger partial charge in [-0.2, -0.15) is 13.2 Å². The Morgan fingerprint density at radius 1 is 1.21 bits per heavy atom. The zero-order chi connectivity index (χ0) is 17.5. The Kier molecular flexibility index (Phi) is 4.56. The SMILES string of the molecule is CCSc1cc(Br)cnc1-c1nc2cc(C(F)(F)F)ncc2n1C. The summed E-state index contributed by atoms with van der Waals surface area (Å²) in [6, 6.07) is 2.89. The Labute approximate surface area is 148 Å². The van der Waals surface area contributed by atoms with Crippen LogP contribution in [0.3, 0.4) is 0 Å². The monoisotopic (exact) mass is 416 g/mol. The maximum atomic E-state index is 12.8. The molecule has 0 aromatic carbocycles. The maximum Gasteiger partial charge on any atom is 0.433 e. The topological polar surface area (TPSA) is 43.6 Å². The number of hydrogen-bond acceptors (Lipinski definition) is 4. The summed E-state index contributed by atoms with van der Waals surface area (Å²) in [6.07, 6.45) is -1.65. The minimum absolute atomic E-state index is 0.243. The highest BCUT2D eigenvalue weighted by atomic mass is 79.9. The van der Waals surface area contributed by atoms with E-state index in [0.717, 1.165) is 21.2 Å². The molecule has 3 rings (SSSR count). The third kappa shape index (κ3) is 3.14. The van der Waals surface area contributed by atoms with Crippen molar-refractivity contribution in [2.24, 2.45) is 7.05 Å². The standard InChI is InChI=1S/C15H12BrF3N4S/c1-3-24-11-4-8(16)6-21-13(11)14-22-9-5-12(15(17,18)19)20-7-10(9)23(14)2/h4-7H,3H2,1-2H3. The second-order valence-corrected chi connectivity index (χ2v) is 7.21. The highest BCUT2D eigenvalue weighted by Crippen LogP contribution is 2.34. The summed E-state index contributed by atoms with van der Waals surface area (Å²) in [5.41, 5.74) is 0.450. The van der Waals surface area contributed by atoms with Crippen molar-refractivity contribution in [3.05, 3.63) is 34.7 Å². The highest BCUT2D eigenvalue weighted by molar-refractivity contribution is 9.10. The van der Waals surface area contributed by atoms with Gasteiger partial charge in [-0.25, -0.2) is 9.97 Å². The van der Waals surface area contributed by atoms with Gasteiger partial charge in [-0.1, -0.05) is 6.92 Å². The Bertz CT molecular complexity index is 908. The van der Waals surface area contributed by atoms with E-state index in [1.807, 2.05) is 13.0 Å². The molecule has 0 aliphatic heterocycles. The normalized spacial score (nSPS) is 12.1. The van der Waals surface area contributed by atoms with E-state index >= 15 is 0 Å². The minimum atomic E-state index is -4.50. The van der Waals surface area contributed by atoms with Gasteiger partial charge >= 0.3 is 6.18 Å². The Balaban J connectivity index is 2.19. The molecule has 0 aliphatic rings. The lowest BCUT2D eigenvalue weighted by Gasteiger charge is -2.08. The van der Waals surface area contributed by atoms with Crippen LogP contribution in [0.25, 0.3) is 22.6 Å². The second kappa shape index (κ2) is 6.36.